The maximum absolute atomic E-state index is 12.8. The van der Waals surface area contributed by atoms with Crippen molar-refractivity contribution in [3.8, 4) is 29.0 Å². The second kappa shape index (κ2) is 11.8. The van der Waals surface area contributed by atoms with Crippen LogP contribution in [0.2, 0.25) is 0 Å². The molecule has 0 atom stereocenters. The number of carbonyl (C=O) groups is 1. The van der Waals surface area contributed by atoms with E-state index >= 15 is 0 Å². The van der Waals surface area contributed by atoms with Gasteiger partial charge in [0.15, 0.2) is 0 Å². The Labute approximate surface area is 234 Å². The summed E-state index contributed by atoms with van der Waals surface area (Å²) in [4.78, 5) is 33.7. The summed E-state index contributed by atoms with van der Waals surface area (Å²) >= 11 is 0. The fourth-order valence-corrected chi connectivity index (χ4v) is 4.15. The van der Waals surface area contributed by atoms with Gasteiger partial charge < -0.3 is 19.4 Å². The van der Waals surface area contributed by atoms with Gasteiger partial charge in [-0.2, -0.15) is 5.26 Å². The predicted molar refractivity (Wildman–Crippen MR) is 150 cm³/mol. The van der Waals surface area contributed by atoms with Crippen molar-refractivity contribution in [3.05, 3.63) is 116 Å². The van der Waals surface area contributed by atoms with E-state index in [9.17, 15) is 30.3 Å². The highest BCUT2D eigenvalue weighted by molar-refractivity contribution is 6.09. The minimum atomic E-state index is -0.745. The summed E-state index contributed by atoms with van der Waals surface area (Å²) in [5.74, 6) is 0.240. The smallest absolute Gasteiger partial charge is 0.318 e. The molecule has 1 heterocycles. The number of non-ortho nitro benzene ring substituents is 1. The topological polar surface area (TPSA) is 163 Å². The molecule has 0 fully saturated rings. The largest absolute Gasteiger partial charge is 0.497 e. The van der Waals surface area contributed by atoms with Gasteiger partial charge in [-0.15, -0.1) is 0 Å². The molecule has 3 aromatic carbocycles. The van der Waals surface area contributed by atoms with Crippen LogP contribution in [0.1, 0.15) is 17.0 Å². The van der Waals surface area contributed by atoms with Crippen LogP contribution in [0.3, 0.4) is 0 Å². The summed E-state index contributed by atoms with van der Waals surface area (Å²) in [6.45, 7) is 3.72. The molecule has 0 aliphatic heterocycles. The molecule has 4 aromatic rings. The number of carbonyl (C=O) groups excluding carboxylic acids is 1. The summed E-state index contributed by atoms with van der Waals surface area (Å²) in [5.41, 5.74) is 2.52. The zero-order chi connectivity index (χ0) is 29.7. The highest BCUT2D eigenvalue weighted by atomic mass is 16.6. The minimum Gasteiger partial charge on any atom is -0.497 e. The zero-order valence-electron chi connectivity index (χ0n) is 22.2. The molecule has 0 radical (unpaired) electrons. The number of benzene rings is 3. The average Bonchev–Trinajstić information content (AvgIpc) is 3.24. The molecule has 1 amide bonds. The molecule has 0 bridgehead atoms. The van der Waals surface area contributed by atoms with Crippen LogP contribution in [0.5, 0.6) is 17.2 Å². The number of methoxy groups -OCH3 is 1. The normalized spacial score (nSPS) is 10.9. The number of nitrogens with zero attached hydrogens (tertiary/aromatic N) is 4. The third-order valence-electron chi connectivity index (χ3n) is 6.16. The molecule has 12 heteroatoms. The molecule has 0 spiro atoms. The SMILES string of the molecule is COc1ccc(NC(=O)C(C#N)=Cc2cc(C)n(-c3ccc(Oc4ccc([N+](=O)[O-])cc4[N+](=O)[O-])cc3)c2C)cc1. The second-order valence-corrected chi connectivity index (χ2v) is 8.78. The van der Waals surface area contributed by atoms with Gasteiger partial charge in [-0.3, -0.25) is 25.0 Å². The fraction of sp³-hybridized carbons (Fsp3) is 0.103. The molecule has 1 aromatic heterocycles. The number of ether oxygens (including phenoxy) is 2. The molecule has 0 unspecified atom stereocenters. The zero-order valence-corrected chi connectivity index (χ0v) is 22.2. The third kappa shape index (κ3) is 6.21. The maximum atomic E-state index is 12.8. The van der Waals surface area contributed by atoms with Crippen molar-refractivity contribution in [2.75, 3.05) is 12.4 Å². The van der Waals surface area contributed by atoms with Gasteiger partial charge in [0.2, 0.25) is 5.75 Å². The van der Waals surface area contributed by atoms with Gasteiger partial charge in [-0.1, -0.05) is 0 Å². The van der Waals surface area contributed by atoms with Crippen LogP contribution in [-0.4, -0.2) is 27.4 Å². The number of hydrogen-bond donors (Lipinski definition) is 1. The first-order chi connectivity index (χ1) is 19.6. The molecular formula is C29H23N5O7. The maximum Gasteiger partial charge on any atom is 0.318 e. The molecule has 41 heavy (non-hydrogen) atoms. The van der Waals surface area contributed by atoms with Crippen molar-refractivity contribution in [1.82, 2.24) is 4.57 Å². The Morgan fingerprint density at radius 1 is 0.951 bits per heavy atom. The first-order valence-electron chi connectivity index (χ1n) is 12.1. The van der Waals surface area contributed by atoms with E-state index in [0.717, 1.165) is 29.2 Å². The molecule has 0 saturated carbocycles. The van der Waals surface area contributed by atoms with Gasteiger partial charge in [0.05, 0.1) is 23.0 Å². The van der Waals surface area contributed by atoms with Crippen LogP contribution in [0, 0.1) is 45.4 Å². The Morgan fingerprint density at radius 3 is 2.20 bits per heavy atom. The molecule has 12 nitrogen and oxygen atoms in total. The lowest BCUT2D eigenvalue weighted by Gasteiger charge is -2.11. The van der Waals surface area contributed by atoms with Crippen LogP contribution < -0.4 is 14.8 Å². The Bertz CT molecular complexity index is 1720. The Balaban J connectivity index is 1.56. The lowest BCUT2D eigenvalue weighted by molar-refractivity contribution is -0.394. The number of nitriles is 1. The Hall–Kier alpha value is -5.96. The molecule has 4 rings (SSSR count). The Morgan fingerprint density at radius 2 is 1.61 bits per heavy atom. The fourth-order valence-electron chi connectivity index (χ4n) is 4.15. The number of aromatic nitrogens is 1. The monoisotopic (exact) mass is 553 g/mol. The molecule has 0 aliphatic rings. The van der Waals surface area contributed by atoms with Crippen molar-refractivity contribution in [2.24, 2.45) is 0 Å². The summed E-state index contributed by atoms with van der Waals surface area (Å²) in [6.07, 6.45) is 1.52. The van der Waals surface area contributed by atoms with Crippen LogP contribution in [0.25, 0.3) is 11.8 Å². The van der Waals surface area contributed by atoms with Crippen LogP contribution >= 0.6 is 0 Å². The number of amides is 1. The molecule has 1 N–H and O–H groups in total. The van der Waals surface area contributed by atoms with Crippen molar-refractivity contribution in [1.29, 1.82) is 5.26 Å². The van der Waals surface area contributed by atoms with Crippen molar-refractivity contribution in [2.45, 2.75) is 13.8 Å². The van der Waals surface area contributed by atoms with Gasteiger partial charge in [-0.05, 0) is 86.2 Å². The van der Waals surface area contributed by atoms with E-state index in [1.807, 2.05) is 30.6 Å². The second-order valence-electron chi connectivity index (χ2n) is 8.78. The predicted octanol–water partition coefficient (Wildman–Crippen LogP) is 6.26. The van der Waals surface area contributed by atoms with Gasteiger partial charge >= 0.3 is 5.69 Å². The number of nitrogens with one attached hydrogen (secondary N) is 1. The van der Waals surface area contributed by atoms with E-state index in [0.29, 0.717) is 17.0 Å². The third-order valence-corrected chi connectivity index (χ3v) is 6.16. The van der Waals surface area contributed by atoms with E-state index in [4.69, 9.17) is 9.47 Å². The van der Waals surface area contributed by atoms with Gasteiger partial charge in [0.25, 0.3) is 11.6 Å². The Kier molecular flexibility index (Phi) is 8.10. The molecule has 0 aliphatic carbocycles. The van der Waals surface area contributed by atoms with Gasteiger partial charge in [0.1, 0.15) is 23.1 Å². The molecular weight excluding hydrogens is 530 g/mol. The van der Waals surface area contributed by atoms with Crippen LogP contribution in [0.4, 0.5) is 17.1 Å². The highest BCUT2D eigenvalue weighted by Gasteiger charge is 2.21. The van der Waals surface area contributed by atoms with Crippen molar-refractivity contribution >= 4 is 29.0 Å². The highest BCUT2D eigenvalue weighted by Crippen LogP contribution is 2.35. The van der Waals surface area contributed by atoms with Crippen LogP contribution in [-0.2, 0) is 4.79 Å². The summed E-state index contributed by atoms with van der Waals surface area (Å²) in [7, 11) is 1.54. The van der Waals surface area contributed by atoms with Crippen molar-refractivity contribution < 1.29 is 24.1 Å². The van der Waals surface area contributed by atoms with E-state index < -0.39 is 27.1 Å². The van der Waals surface area contributed by atoms with E-state index in [2.05, 4.69) is 5.32 Å². The summed E-state index contributed by atoms with van der Waals surface area (Å²) in [6, 6.07) is 20.4. The minimum absolute atomic E-state index is 0.0745. The summed E-state index contributed by atoms with van der Waals surface area (Å²) in [5, 5.41) is 34.7. The molecule has 206 valence electrons. The lowest BCUT2D eigenvalue weighted by Crippen LogP contribution is -2.13. The van der Waals surface area contributed by atoms with E-state index in [-0.39, 0.29) is 17.1 Å². The average molecular weight is 554 g/mol. The van der Waals surface area contributed by atoms with Crippen LogP contribution in [0.15, 0.2) is 78.4 Å². The first-order valence-corrected chi connectivity index (χ1v) is 12.1. The van der Waals surface area contributed by atoms with E-state index in [1.54, 1.807) is 55.6 Å². The van der Waals surface area contributed by atoms with E-state index in [1.165, 1.54) is 12.1 Å². The number of nitro groups is 2. The molecule has 0 saturated heterocycles. The van der Waals surface area contributed by atoms with Gasteiger partial charge in [0, 0.05) is 28.8 Å². The quantitative estimate of drug-likeness (QED) is 0.110. The lowest BCUT2D eigenvalue weighted by atomic mass is 10.1. The van der Waals surface area contributed by atoms with Crippen molar-refractivity contribution in [3.63, 3.8) is 0 Å². The number of anilines is 1. The van der Waals surface area contributed by atoms with Gasteiger partial charge in [-0.25, -0.2) is 0 Å². The first kappa shape index (κ1) is 28.1. The summed E-state index contributed by atoms with van der Waals surface area (Å²) < 4.78 is 12.7. The number of aryl methyl sites for hydroxylation is 1. The number of nitro benzene ring substituents is 2. The number of hydrogen-bond acceptors (Lipinski definition) is 8. The number of rotatable bonds is 9. The standard InChI is InChI=1S/C29H23N5O7/c1-18-14-20(15-21(17-30)29(35)31-22-4-9-25(40-3)10-5-22)19(2)32(18)23-6-11-26(12-7-23)41-28-13-8-24(33(36)37)16-27(28)34(38)39/h4-16H,1-3H3,(H,31,35).